The average Bonchev–Trinajstić information content (AvgIpc) is 2.95. The number of hydrogen-bond donors (Lipinski definition) is 0. The van der Waals surface area contributed by atoms with Gasteiger partial charge in [-0.2, -0.15) is 0 Å². The molecular formula is C14H16N4O5. The van der Waals surface area contributed by atoms with E-state index in [1.54, 1.807) is 18.9 Å². The van der Waals surface area contributed by atoms with Gasteiger partial charge in [-0.05, 0) is 26.1 Å². The molecule has 1 heterocycles. The summed E-state index contributed by atoms with van der Waals surface area (Å²) in [5, 5.41) is 18.4. The molecule has 0 aliphatic heterocycles. The van der Waals surface area contributed by atoms with E-state index in [2.05, 4.69) is 10.2 Å². The van der Waals surface area contributed by atoms with Crippen LogP contribution in [-0.2, 0) is 16.1 Å². The normalized spacial score (nSPS) is 10.7. The van der Waals surface area contributed by atoms with Crippen molar-refractivity contribution in [2.75, 3.05) is 20.2 Å². The molecule has 2 aromatic rings. The maximum atomic E-state index is 11.4. The van der Waals surface area contributed by atoms with Gasteiger partial charge in [0.2, 0.25) is 11.8 Å². The van der Waals surface area contributed by atoms with Gasteiger partial charge in [0, 0.05) is 17.7 Å². The molecule has 2 rings (SSSR count). The number of nitro groups is 1. The van der Waals surface area contributed by atoms with Gasteiger partial charge in [-0.1, -0.05) is 0 Å². The molecule has 122 valence electrons. The Hall–Kier alpha value is -2.81. The zero-order valence-corrected chi connectivity index (χ0v) is 12.8. The molecule has 0 saturated heterocycles. The van der Waals surface area contributed by atoms with Crippen LogP contribution in [0.3, 0.4) is 0 Å². The van der Waals surface area contributed by atoms with Crippen LogP contribution in [0.2, 0.25) is 0 Å². The van der Waals surface area contributed by atoms with Gasteiger partial charge in [-0.25, -0.2) is 0 Å². The lowest BCUT2D eigenvalue weighted by Crippen LogP contribution is -2.27. The highest BCUT2D eigenvalue weighted by atomic mass is 16.6. The monoisotopic (exact) mass is 320 g/mol. The van der Waals surface area contributed by atoms with Crippen LogP contribution in [0, 0.1) is 10.1 Å². The van der Waals surface area contributed by atoms with Crippen molar-refractivity contribution >= 4 is 11.7 Å². The number of carbonyl (C=O) groups excluding carboxylic acids is 1. The van der Waals surface area contributed by atoms with E-state index in [0.717, 1.165) is 0 Å². The second kappa shape index (κ2) is 7.45. The Labute approximate surface area is 132 Å². The second-order valence-corrected chi connectivity index (χ2v) is 4.78. The van der Waals surface area contributed by atoms with Gasteiger partial charge in [-0.3, -0.25) is 19.8 Å². The number of nitro benzene ring substituents is 1. The van der Waals surface area contributed by atoms with Crippen LogP contribution in [0.4, 0.5) is 5.69 Å². The van der Waals surface area contributed by atoms with Crippen LogP contribution in [-0.4, -0.2) is 46.2 Å². The van der Waals surface area contributed by atoms with E-state index in [1.807, 2.05) is 0 Å². The molecular weight excluding hydrogens is 304 g/mol. The van der Waals surface area contributed by atoms with Crippen molar-refractivity contribution in [2.45, 2.75) is 13.5 Å². The number of likely N-dealkylation sites (N-methyl/N-ethyl adjacent to an activating group) is 1. The minimum absolute atomic E-state index is 0.0114. The summed E-state index contributed by atoms with van der Waals surface area (Å²) in [6.07, 6.45) is 0. The molecule has 0 radical (unpaired) electrons. The highest BCUT2D eigenvalue weighted by Crippen LogP contribution is 2.21. The van der Waals surface area contributed by atoms with E-state index in [0.29, 0.717) is 24.6 Å². The van der Waals surface area contributed by atoms with Gasteiger partial charge in [0.15, 0.2) is 0 Å². The maximum Gasteiger partial charge on any atom is 0.320 e. The van der Waals surface area contributed by atoms with Crippen molar-refractivity contribution in [1.29, 1.82) is 0 Å². The minimum Gasteiger partial charge on any atom is -0.465 e. The van der Waals surface area contributed by atoms with E-state index in [4.69, 9.17) is 9.15 Å². The van der Waals surface area contributed by atoms with Gasteiger partial charge in [0.25, 0.3) is 5.69 Å². The molecule has 9 heteroatoms. The smallest absolute Gasteiger partial charge is 0.320 e. The highest BCUT2D eigenvalue weighted by Gasteiger charge is 2.14. The van der Waals surface area contributed by atoms with Gasteiger partial charge >= 0.3 is 5.97 Å². The SMILES string of the molecule is CCOC(=O)CN(C)Cc1nnc(-c2ccc([N+](=O)[O-])cc2)o1. The lowest BCUT2D eigenvalue weighted by atomic mass is 10.2. The Kier molecular flexibility index (Phi) is 5.36. The predicted octanol–water partition coefficient (Wildman–Crippen LogP) is 1.64. The number of carbonyl (C=O) groups is 1. The number of non-ortho nitro benzene ring substituents is 1. The van der Waals surface area contributed by atoms with E-state index in [-0.39, 0.29) is 24.1 Å². The zero-order chi connectivity index (χ0) is 16.8. The molecule has 1 aromatic heterocycles. The van der Waals surface area contributed by atoms with Crippen molar-refractivity contribution in [1.82, 2.24) is 15.1 Å². The van der Waals surface area contributed by atoms with E-state index >= 15 is 0 Å². The average molecular weight is 320 g/mol. The van der Waals surface area contributed by atoms with Crippen LogP contribution in [0.15, 0.2) is 28.7 Å². The third-order valence-electron chi connectivity index (χ3n) is 2.90. The summed E-state index contributed by atoms with van der Waals surface area (Å²) in [6, 6.07) is 5.81. The first-order valence-electron chi connectivity index (χ1n) is 6.91. The van der Waals surface area contributed by atoms with Gasteiger partial charge in [0.05, 0.1) is 24.6 Å². The van der Waals surface area contributed by atoms with Crippen LogP contribution in [0.1, 0.15) is 12.8 Å². The molecule has 0 unspecified atom stereocenters. The molecule has 0 bridgehead atoms. The van der Waals surface area contributed by atoms with Crippen LogP contribution < -0.4 is 0 Å². The number of nitrogens with zero attached hydrogens (tertiary/aromatic N) is 4. The van der Waals surface area contributed by atoms with E-state index in [9.17, 15) is 14.9 Å². The molecule has 0 aliphatic carbocycles. The van der Waals surface area contributed by atoms with Crippen LogP contribution in [0.5, 0.6) is 0 Å². The first-order valence-corrected chi connectivity index (χ1v) is 6.91. The molecule has 1 aromatic carbocycles. The van der Waals surface area contributed by atoms with Crippen molar-refractivity contribution in [3.05, 3.63) is 40.3 Å². The fraction of sp³-hybridized carbons (Fsp3) is 0.357. The number of benzene rings is 1. The zero-order valence-electron chi connectivity index (χ0n) is 12.8. The first-order chi connectivity index (χ1) is 11.0. The highest BCUT2D eigenvalue weighted by molar-refractivity contribution is 5.71. The number of ether oxygens (including phenoxy) is 1. The van der Waals surface area contributed by atoms with Crippen molar-refractivity contribution < 1.29 is 18.9 Å². The first kappa shape index (κ1) is 16.6. The van der Waals surface area contributed by atoms with Gasteiger partial charge in [0.1, 0.15) is 0 Å². The topological polar surface area (TPSA) is 112 Å². The fourth-order valence-corrected chi connectivity index (χ4v) is 1.87. The quantitative estimate of drug-likeness (QED) is 0.430. The number of hydrogen-bond acceptors (Lipinski definition) is 8. The molecule has 0 atom stereocenters. The molecule has 0 aliphatic rings. The molecule has 0 amide bonds. The molecule has 0 spiro atoms. The second-order valence-electron chi connectivity index (χ2n) is 4.78. The Balaban J connectivity index is 2.00. The summed E-state index contributed by atoms with van der Waals surface area (Å²) in [5.41, 5.74) is 0.574. The van der Waals surface area contributed by atoms with Crippen molar-refractivity contribution in [2.24, 2.45) is 0 Å². The molecule has 0 N–H and O–H groups in total. The summed E-state index contributed by atoms with van der Waals surface area (Å²) in [5.74, 6) is 0.273. The molecule has 0 fully saturated rings. The summed E-state index contributed by atoms with van der Waals surface area (Å²) in [4.78, 5) is 23.2. The van der Waals surface area contributed by atoms with Crippen molar-refractivity contribution in [3.8, 4) is 11.5 Å². The van der Waals surface area contributed by atoms with Gasteiger partial charge < -0.3 is 9.15 Å². The Morgan fingerprint density at radius 2 is 2.04 bits per heavy atom. The predicted molar refractivity (Wildman–Crippen MR) is 79.4 cm³/mol. The summed E-state index contributed by atoms with van der Waals surface area (Å²) in [7, 11) is 1.73. The molecule has 9 nitrogen and oxygen atoms in total. The lowest BCUT2D eigenvalue weighted by molar-refractivity contribution is -0.384. The Morgan fingerprint density at radius 3 is 2.65 bits per heavy atom. The van der Waals surface area contributed by atoms with Gasteiger partial charge in [-0.15, -0.1) is 10.2 Å². The number of rotatable bonds is 7. The standard InChI is InChI=1S/C14H16N4O5/c1-3-22-13(19)9-17(2)8-12-15-16-14(23-12)10-4-6-11(7-5-10)18(20)21/h4-7H,3,8-9H2,1-2H3. The number of esters is 1. The Morgan fingerprint density at radius 1 is 1.35 bits per heavy atom. The number of aromatic nitrogens is 2. The molecule has 23 heavy (non-hydrogen) atoms. The van der Waals surface area contributed by atoms with Crippen LogP contribution >= 0.6 is 0 Å². The van der Waals surface area contributed by atoms with E-state index < -0.39 is 4.92 Å². The third-order valence-corrected chi connectivity index (χ3v) is 2.90. The summed E-state index contributed by atoms with van der Waals surface area (Å²) < 4.78 is 10.3. The van der Waals surface area contributed by atoms with Crippen molar-refractivity contribution in [3.63, 3.8) is 0 Å². The third kappa shape index (κ3) is 4.58. The van der Waals surface area contributed by atoms with Crippen LogP contribution in [0.25, 0.3) is 11.5 Å². The fourth-order valence-electron chi connectivity index (χ4n) is 1.87. The Bertz CT molecular complexity index is 683. The van der Waals surface area contributed by atoms with E-state index in [1.165, 1.54) is 24.3 Å². The summed E-state index contributed by atoms with van der Waals surface area (Å²) >= 11 is 0. The summed E-state index contributed by atoms with van der Waals surface area (Å²) in [6.45, 7) is 2.48. The minimum atomic E-state index is -0.479. The maximum absolute atomic E-state index is 11.4. The molecule has 0 saturated carbocycles. The lowest BCUT2D eigenvalue weighted by Gasteiger charge is -2.12. The largest absolute Gasteiger partial charge is 0.465 e.